The molecule has 1 aromatic heterocycles. The number of hydrogen-bond donors (Lipinski definition) is 2. The molecular weight excluding hydrogens is 294 g/mol. The maximum absolute atomic E-state index is 12.1. The molecule has 0 amide bonds. The molecule has 1 heterocycles. The van der Waals surface area contributed by atoms with E-state index in [1.165, 1.54) is 12.1 Å². The van der Waals surface area contributed by atoms with Crippen molar-refractivity contribution >= 4 is 16.0 Å². The van der Waals surface area contributed by atoms with Gasteiger partial charge in [-0.15, -0.1) is 0 Å². The van der Waals surface area contributed by atoms with Crippen molar-refractivity contribution in [3.8, 4) is 0 Å². The summed E-state index contributed by atoms with van der Waals surface area (Å²) in [5.41, 5.74) is -0.0508. The quantitative estimate of drug-likeness (QED) is 0.736. The number of aromatic nitrogens is 1. The van der Waals surface area contributed by atoms with Gasteiger partial charge in [0.05, 0.1) is 5.56 Å². The SMILES string of the molecule is CCN(CC)CC(C)NS(=O)(=O)c1ccc(C(=O)O)cn1. The highest BCUT2D eigenvalue weighted by Gasteiger charge is 2.20. The van der Waals surface area contributed by atoms with E-state index in [4.69, 9.17) is 5.11 Å². The third-order valence-electron chi connectivity index (χ3n) is 3.04. The molecule has 0 aliphatic heterocycles. The molecule has 1 unspecified atom stereocenters. The molecule has 0 saturated carbocycles. The maximum Gasteiger partial charge on any atom is 0.337 e. The number of aromatic carboxylic acids is 1. The van der Waals surface area contributed by atoms with Crippen LogP contribution in [0.5, 0.6) is 0 Å². The minimum absolute atomic E-state index is 0.0508. The molecule has 0 aliphatic rings. The van der Waals surface area contributed by atoms with Crippen LogP contribution in [-0.2, 0) is 10.0 Å². The number of nitrogens with one attached hydrogen (secondary N) is 1. The standard InChI is InChI=1S/C13H21N3O4S/c1-4-16(5-2)9-10(3)15-21(19,20)12-7-6-11(8-14-12)13(17)18/h6-8,10,15H,4-5,9H2,1-3H3,(H,17,18). The number of carboxylic acids is 1. The molecule has 2 N–H and O–H groups in total. The van der Waals surface area contributed by atoms with Crippen molar-refractivity contribution in [3.05, 3.63) is 23.9 Å². The number of sulfonamides is 1. The van der Waals surface area contributed by atoms with E-state index in [0.717, 1.165) is 19.3 Å². The molecule has 21 heavy (non-hydrogen) atoms. The van der Waals surface area contributed by atoms with Crippen LogP contribution in [0, 0.1) is 0 Å². The van der Waals surface area contributed by atoms with Crippen LogP contribution in [0.4, 0.5) is 0 Å². The number of likely N-dealkylation sites (N-methyl/N-ethyl adjacent to an activating group) is 1. The third-order valence-corrected chi connectivity index (χ3v) is 4.55. The van der Waals surface area contributed by atoms with Crippen LogP contribution in [0.2, 0.25) is 0 Å². The number of carbonyl (C=O) groups is 1. The molecule has 7 nitrogen and oxygen atoms in total. The number of rotatable bonds is 8. The minimum atomic E-state index is -3.74. The average Bonchev–Trinajstić information content (AvgIpc) is 2.44. The predicted octanol–water partition coefficient (Wildman–Crippen LogP) is 0.788. The summed E-state index contributed by atoms with van der Waals surface area (Å²) in [5, 5.41) is 8.59. The lowest BCUT2D eigenvalue weighted by Gasteiger charge is -2.23. The van der Waals surface area contributed by atoms with Crippen LogP contribution >= 0.6 is 0 Å². The second-order valence-electron chi connectivity index (χ2n) is 4.70. The van der Waals surface area contributed by atoms with Gasteiger partial charge in [0.25, 0.3) is 10.0 Å². The largest absolute Gasteiger partial charge is 0.478 e. The van der Waals surface area contributed by atoms with E-state index in [-0.39, 0.29) is 16.6 Å². The van der Waals surface area contributed by atoms with Gasteiger partial charge in [0.15, 0.2) is 5.03 Å². The van der Waals surface area contributed by atoms with Gasteiger partial charge in [-0.3, -0.25) is 0 Å². The second kappa shape index (κ2) is 7.48. The Morgan fingerprint density at radius 1 is 1.38 bits per heavy atom. The van der Waals surface area contributed by atoms with Crippen molar-refractivity contribution < 1.29 is 18.3 Å². The summed E-state index contributed by atoms with van der Waals surface area (Å²) in [6.07, 6.45) is 1.03. The fraction of sp³-hybridized carbons (Fsp3) is 0.538. The van der Waals surface area contributed by atoms with E-state index in [1.807, 2.05) is 13.8 Å². The molecule has 1 aromatic rings. The van der Waals surface area contributed by atoms with Gasteiger partial charge in [0, 0.05) is 18.8 Å². The van der Waals surface area contributed by atoms with Gasteiger partial charge in [0.2, 0.25) is 0 Å². The molecule has 8 heteroatoms. The molecule has 0 aliphatic carbocycles. The molecule has 0 aromatic carbocycles. The summed E-state index contributed by atoms with van der Waals surface area (Å²) in [6, 6.07) is 2.14. The first-order valence-electron chi connectivity index (χ1n) is 6.74. The fourth-order valence-corrected chi connectivity index (χ4v) is 3.06. The zero-order chi connectivity index (χ0) is 16.0. The normalized spacial score (nSPS) is 13.3. The van der Waals surface area contributed by atoms with Gasteiger partial charge < -0.3 is 10.0 Å². The lowest BCUT2D eigenvalue weighted by Crippen LogP contribution is -2.42. The third kappa shape index (κ3) is 5.07. The highest BCUT2D eigenvalue weighted by atomic mass is 32.2. The van der Waals surface area contributed by atoms with Gasteiger partial charge in [-0.25, -0.2) is 22.9 Å². The summed E-state index contributed by atoms with van der Waals surface area (Å²) in [4.78, 5) is 16.5. The molecule has 1 rings (SSSR count). The van der Waals surface area contributed by atoms with Crippen LogP contribution in [0.1, 0.15) is 31.1 Å². The zero-order valence-electron chi connectivity index (χ0n) is 12.4. The highest BCUT2D eigenvalue weighted by Crippen LogP contribution is 2.08. The van der Waals surface area contributed by atoms with E-state index in [9.17, 15) is 13.2 Å². The van der Waals surface area contributed by atoms with E-state index in [1.54, 1.807) is 6.92 Å². The second-order valence-corrected chi connectivity index (χ2v) is 6.36. The van der Waals surface area contributed by atoms with Gasteiger partial charge in [-0.05, 0) is 32.1 Å². The molecule has 0 radical (unpaired) electrons. The Kier molecular flexibility index (Phi) is 6.25. The smallest absolute Gasteiger partial charge is 0.337 e. The molecule has 118 valence electrons. The molecule has 0 bridgehead atoms. The Bertz CT molecular complexity index is 568. The summed E-state index contributed by atoms with van der Waals surface area (Å²) < 4.78 is 26.8. The van der Waals surface area contributed by atoms with Crippen molar-refractivity contribution in [1.29, 1.82) is 0 Å². The molecule has 0 saturated heterocycles. The number of nitrogens with zero attached hydrogens (tertiary/aromatic N) is 2. The fourth-order valence-electron chi connectivity index (χ4n) is 1.90. The van der Waals surface area contributed by atoms with Crippen molar-refractivity contribution in [3.63, 3.8) is 0 Å². The Labute approximate surface area is 125 Å². The molecule has 0 fully saturated rings. The van der Waals surface area contributed by atoms with Gasteiger partial charge in [-0.1, -0.05) is 13.8 Å². The summed E-state index contributed by atoms with van der Waals surface area (Å²) >= 11 is 0. The van der Waals surface area contributed by atoms with E-state index < -0.39 is 16.0 Å². The van der Waals surface area contributed by atoms with E-state index in [0.29, 0.717) is 6.54 Å². The van der Waals surface area contributed by atoms with Crippen LogP contribution in [0.15, 0.2) is 23.4 Å². The first-order valence-corrected chi connectivity index (χ1v) is 8.22. The maximum atomic E-state index is 12.1. The van der Waals surface area contributed by atoms with Crippen LogP contribution < -0.4 is 4.72 Å². The molecule has 0 spiro atoms. The first kappa shape index (κ1) is 17.5. The minimum Gasteiger partial charge on any atom is -0.478 e. The van der Waals surface area contributed by atoms with Gasteiger partial charge in [0.1, 0.15) is 0 Å². The topological polar surface area (TPSA) is 99.6 Å². The number of hydrogen-bond acceptors (Lipinski definition) is 5. The van der Waals surface area contributed by atoms with Crippen molar-refractivity contribution in [2.45, 2.75) is 31.8 Å². The molecular formula is C13H21N3O4S. The number of carboxylic acid groups (broad SMARTS) is 1. The van der Waals surface area contributed by atoms with Crippen LogP contribution in [0.25, 0.3) is 0 Å². The van der Waals surface area contributed by atoms with Crippen LogP contribution in [-0.4, -0.2) is 55.1 Å². The van der Waals surface area contributed by atoms with Gasteiger partial charge >= 0.3 is 5.97 Å². The average molecular weight is 315 g/mol. The molecule has 1 atom stereocenters. The van der Waals surface area contributed by atoms with Crippen molar-refractivity contribution in [2.75, 3.05) is 19.6 Å². The monoisotopic (exact) mass is 315 g/mol. The Morgan fingerprint density at radius 2 is 2.00 bits per heavy atom. The Hall–Kier alpha value is -1.51. The van der Waals surface area contributed by atoms with E-state index in [2.05, 4.69) is 14.6 Å². The summed E-state index contributed by atoms with van der Waals surface area (Å²) in [6.45, 7) is 8.08. The van der Waals surface area contributed by atoms with Crippen molar-refractivity contribution in [1.82, 2.24) is 14.6 Å². The first-order chi connectivity index (χ1) is 9.80. The lowest BCUT2D eigenvalue weighted by molar-refractivity contribution is 0.0696. The summed E-state index contributed by atoms with van der Waals surface area (Å²) in [7, 11) is -3.74. The van der Waals surface area contributed by atoms with E-state index >= 15 is 0 Å². The Balaban J connectivity index is 2.79. The summed E-state index contributed by atoms with van der Waals surface area (Å²) in [5.74, 6) is -1.14. The lowest BCUT2D eigenvalue weighted by atomic mass is 10.3. The zero-order valence-corrected chi connectivity index (χ0v) is 13.2. The number of pyridine rings is 1. The van der Waals surface area contributed by atoms with Crippen molar-refractivity contribution in [2.24, 2.45) is 0 Å². The van der Waals surface area contributed by atoms with Gasteiger partial charge in [-0.2, -0.15) is 0 Å². The highest BCUT2D eigenvalue weighted by molar-refractivity contribution is 7.89. The predicted molar refractivity (Wildman–Crippen MR) is 78.8 cm³/mol. The van der Waals surface area contributed by atoms with Crippen LogP contribution in [0.3, 0.4) is 0 Å². The Morgan fingerprint density at radius 3 is 2.43 bits per heavy atom.